The van der Waals surface area contributed by atoms with Gasteiger partial charge < -0.3 is 5.32 Å². The molecule has 0 aliphatic heterocycles. The van der Waals surface area contributed by atoms with Crippen molar-refractivity contribution in [2.24, 2.45) is 0 Å². The topological polar surface area (TPSA) is 63.2 Å². The molecule has 0 aliphatic carbocycles. The number of sulfone groups is 1. The highest BCUT2D eigenvalue weighted by atomic mass is 32.2. The minimum Gasteiger partial charge on any atom is -0.345 e. The molecular formula is C19H23NO3S. The molecule has 4 nitrogen and oxygen atoms in total. The van der Waals surface area contributed by atoms with Crippen molar-refractivity contribution in [2.75, 3.05) is 6.26 Å². The average Bonchev–Trinajstić information content (AvgIpc) is 2.52. The van der Waals surface area contributed by atoms with Crippen LogP contribution in [0, 0.1) is 6.92 Å². The molecule has 0 saturated heterocycles. The zero-order valence-electron chi connectivity index (χ0n) is 14.2. The van der Waals surface area contributed by atoms with Crippen molar-refractivity contribution in [1.29, 1.82) is 0 Å². The largest absolute Gasteiger partial charge is 0.345 e. The third kappa shape index (κ3) is 5.20. The van der Waals surface area contributed by atoms with Gasteiger partial charge in [0.1, 0.15) is 0 Å². The number of hydrogen-bond donors (Lipinski definition) is 1. The number of nitrogens with one attached hydrogen (secondary N) is 1. The second kappa shape index (κ2) is 7.62. The van der Waals surface area contributed by atoms with Crippen molar-refractivity contribution < 1.29 is 13.2 Å². The smallest absolute Gasteiger partial charge is 0.251 e. The highest BCUT2D eigenvalue weighted by molar-refractivity contribution is 7.89. The lowest BCUT2D eigenvalue weighted by atomic mass is 10.0. The fourth-order valence-corrected chi connectivity index (χ4v) is 3.35. The molecule has 0 bridgehead atoms. The molecule has 0 aliphatic rings. The summed E-state index contributed by atoms with van der Waals surface area (Å²) in [4.78, 5) is 12.5. The number of rotatable bonds is 6. The summed E-state index contributed by atoms with van der Waals surface area (Å²) in [6, 6.07) is 14.8. The van der Waals surface area contributed by atoms with Crippen LogP contribution in [0.3, 0.4) is 0 Å². The van der Waals surface area contributed by atoms with Gasteiger partial charge in [0.15, 0.2) is 9.84 Å². The molecule has 24 heavy (non-hydrogen) atoms. The van der Waals surface area contributed by atoms with Crippen molar-refractivity contribution in [1.82, 2.24) is 5.32 Å². The van der Waals surface area contributed by atoms with E-state index in [4.69, 9.17) is 0 Å². The van der Waals surface area contributed by atoms with Crippen LogP contribution < -0.4 is 5.32 Å². The van der Waals surface area contributed by atoms with Crippen LogP contribution in [0.5, 0.6) is 0 Å². The first-order chi connectivity index (χ1) is 11.3. The zero-order chi connectivity index (χ0) is 17.7. The van der Waals surface area contributed by atoms with Gasteiger partial charge in [0.2, 0.25) is 0 Å². The minimum atomic E-state index is -3.13. The maximum Gasteiger partial charge on any atom is 0.251 e. The lowest BCUT2D eigenvalue weighted by Gasteiger charge is -2.18. The molecule has 2 aromatic rings. The van der Waals surface area contributed by atoms with Crippen LogP contribution in [0.2, 0.25) is 0 Å². The summed E-state index contributed by atoms with van der Waals surface area (Å²) in [5.41, 5.74) is 3.33. The number of hydrogen-bond acceptors (Lipinski definition) is 3. The maximum atomic E-state index is 12.5. The molecule has 0 fully saturated rings. The molecule has 128 valence electrons. The van der Waals surface area contributed by atoms with Crippen LogP contribution >= 0.6 is 0 Å². The summed E-state index contributed by atoms with van der Waals surface area (Å²) in [5, 5.41) is 3.02. The molecule has 0 heterocycles. The predicted molar refractivity (Wildman–Crippen MR) is 96.7 cm³/mol. The van der Waals surface area contributed by atoms with E-state index in [9.17, 15) is 13.2 Å². The van der Waals surface area contributed by atoms with Gasteiger partial charge in [0.25, 0.3) is 5.91 Å². The van der Waals surface area contributed by atoms with Gasteiger partial charge in [-0.15, -0.1) is 0 Å². The van der Waals surface area contributed by atoms with Crippen molar-refractivity contribution >= 4 is 15.7 Å². The van der Waals surface area contributed by atoms with Gasteiger partial charge in [-0.25, -0.2) is 8.42 Å². The van der Waals surface area contributed by atoms with Crippen LogP contribution in [0.25, 0.3) is 0 Å². The van der Waals surface area contributed by atoms with E-state index >= 15 is 0 Å². The molecule has 0 aromatic heterocycles. The normalized spacial score (nSPS) is 12.6. The Balaban J connectivity index is 2.16. The van der Waals surface area contributed by atoms with Gasteiger partial charge in [-0.3, -0.25) is 4.79 Å². The lowest BCUT2D eigenvalue weighted by molar-refractivity contribution is 0.0935. The summed E-state index contributed by atoms with van der Waals surface area (Å²) in [7, 11) is -3.13. The summed E-state index contributed by atoms with van der Waals surface area (Å²) in [6.07, 6.45) is 1.96. The predicted octanol–water partition coefficient (Wildman–Crippen LogP) is 3.42. The van der Waals surface area contributed by atoms with Crippen molar-refractivity contribution in [3.63, 3.8) is 0 Å². The summed E-state index contributed by atoms with van der Waals surface area (Å²) in [5.74, 6) is -0.263. The summed E-state index contributed by atoms with van der Waals surface area (Å²) in [6.45, 7) is 4.04. The molecular weight excluding hydrogens is 322 g/mol. The summed E-state index contributed by atoms with van der Waals surface area (Å²) >= 11 is 0. The van der Waals surface area contributed by atoms with Crippen LogP contribution in [-0.4, -0.2) is 20.6 Å². The van der Waals surface area contributed by atoms with E-state index in [1.54, 1.807) is 24.3 Å². The second-order valence-electron chi connectivity index (χ2n) is 6.12. The van der Waals surface area contributed by atoms with Crippen LogP contribution in [-0.2, 0) is 15.6 Å². The van der Waals surface area contributed by atoms with Gasteiger partial charge in [-0.1, -0.05) is 48.9 Å². The number of aryl methyl sites for hydroxylation is 1. The average molecular weight is 345 g/mol. The Bertz CT molecular complexity index is 811. The Morgan fingerprint density at radius 2 is 1.79 bits per heavy atom. The van der Waals surface area contributed by atoms with Gasteiger partial charge in [0, 0.05) is 11.8 Å². The van der Waals surface area contributed by atoms with Gasteiger partial charge in [-0.05, 0) is 36.6 Å². The molecule has 2 rings (SSSR count). The highest BCUT2D eigenvalue weighted by Crippen LogP contribution is 2.18. The number of carbonyl (C=O) groups excluding carboxylic acids is 1. The Kier molecular flexibility index (Phi) is 5.78. The SMILES string of the molecule is CC[C@@H](NC(=O)c1cccc(CS(C)(=O)=O)c1)c1ccc(C)cc1. The molecule has 0 radical (unpaired) electrons. The molecule has 1 amide bonds. The number of amides is 1. The first-order valence-corrected chi connectivity index (χ1v) is 9.98. The van der Waals surface area contributed by atoms with Crippen molar-refractivity contribution in [3.8, 4) is 0 Å². The third-order valence-corrected chi connectivity index (χ3v) is 4.67. The Morgan fingerprint density at radius 3 is 2.38 bits per heavy atom. The van der Waals surface area contributed by atoms with Gasteiger partial charge in [0.05, 0.1) is 11.8 Å². The van der Waals surface area contributed by atoms with Crippen molar-refractivity contribution in [3.05, 3.63) is 70.8 Å². The van der Waals surface area contributed by atoms with E-state index < -0.39 is 9.84 Å². The molecule has 1 atom stereocenters. The lowest BCUT2D eigenvalue weighted by Crippen LogP contribution is -2.28. The molecule has 0 saturated carbocycles. The fourth-order valence-electron chi connectivity index (χ4n) is 2.57. The molecule has 0 unspecified atom stereocenters. The van der Waals surface area contributed by atoms with Crippen LogP contribution in [0.15, 0.2) is 48.5 Å². The standard InChI is InChI=1S/C19H23NO3S/c1-4-18(16-10-8-14(2)9-11-16)20-19(21)17-7-5-6-15(12-17)13-24(3,22)23/h5-12,18H,4,13H2,1-3H3,(H,20,21)/t18-/m1/s1. The Morgan fingerprint density at radius 1 is 1.12 bits per heavy atom. The zero-order valence-corrected chi connectivity index (χ0v) is 15.1. The first kappa shape index (κ1) is 18.2. The third-order valence-electron chi connectivity index (χ3n) is 3.81. The fraction of sp³-hybridized carbons (Fsp3) is 0.316. The molecule has 2 aromatic carbocycles. The van der Waals surface area contributed by atoms with Crippen molar-refractivity contribution in [2.45, 2.75) is 32.1 Å². The number of carbonyl (C=O) groups is 1. The molecule has 1 N–H and O–H groups in total. The van der Waals surface area contributed by atoms with E-state index in [1.807, 2.05) is 38.1 Å². The van der Waals surface area contributed by atoms with E-state index in [0.717, 1.165) is 12.0 Å². The van der Waals surface area contributed by atoms with Gasteiger partial charge in [-0.2, -0.15) is 0 Å². The second-order valence-corrected chi connectivity index (χ2v) is 8.26. The molecule has 5 heteroatoms. The van der Waals surface area contributed by atoms with E-state index in [-0.39, 0.29) is 17.7 Å². The minimum absolute atomic E-state index is 0.0662. The highest BCUT2D eigenvalue weighted by Gasteiger charge is 2.15. The number of benzene rings is 2. The van der Waals surface area contributed by atoms with E-state index in [2.05, 4.69) is 5.32 Å². The first-order valence-electron chi connectivity index (χ1n) is 7.92. The van der Waals surface area contributed by atoms with Crippen LogP contribution in [0.4, 0.5) is 0 Å². The Hall–Kier alpha value is -2.14. The van der Waals surface area contributed by atoms with E-state index in [0.29, 0.717) is 11.1 Å². The molecule has 0 spiro atoms. The maximum absolute atomic E-state index is 12.5. The van der Waals surface area contributed by atoms with Crippen LogP contribution in [0.1, 0.15) is 46.4 Å². The quantitative estimate of drug-likeness (QED) is 0.872. The van der Waals surface area contributed by atoms with E-state index in [1.165, 1.54) is 11.8 Å². The Labute approximate surface area is 143 Å². The monoisotopic (exact) mass is 345 g/mol. The van der Waals surface area contributed by atoms with Gasteiger partial charge >= 0.3 is 0 Å². The summed E-state index contributed by atoms with van der Waals surface area (Å²) < 4.78 is 22.8.